The minimum Gasteiger partial charge on any atom is -0.482 e. The van der Waals surface area contributed by atoms with Crippen LogP contribution in [0.25, 0.3) is 0 Å². The highest BCUT2D eigenvalue weighted by Crippen LogP contribution is 2.40. The van der Waals surface area contributed by atoms with Crippen LogP contribution in [0.3, 0.4) is 0 Å². The fourth-order valence-corrected chi connectivity index (χ4v) is 4.93. The number of nitriles is 1. The topological polar surface area (TPSA) is 74.6 Å². The molecule has 1 aliphatic carbocycles. The van der Waals surface area contributed by atoms with Gasteiger partial charge < -0.3 is 14.8 Å². The fraction of sp³-hybridized carbons (Fsp3) is 0.462. The Morgan fingerprint density at radius 3 is 2.76 bits per heavy atom. The number of carbonyl (C=O) groups is 1. The van der Waals surface area contributed by atoms with Crippen LogP contribution in [-0.2, 0) is 11.2 Å². The van der Waals surface area contributed by atoms with Gasteiger partial charge in [-0.3, -0.25) is 4.90 Å². The third kappa shape index (κ3) is 5.61. The van der Waals surface area contributed by atoms with Gasteiger partial charge in [-0.05, 0) is 75.9 Å². The van der Waals surface area contributed by atoms with Gasteiger partial charge in [0.15, 0.2) is 0 Å². The average molecular weight is 468 g/mol. The highest BCUT2D eigenvalue weighted by molar-refractivity contribution is 6.32. The van der Waals surface area contributed by atoms with Gasteiger partial charge in [0.2, 0.25) is 0 Å². The number of halogens is 1. The van der Waals surface area contributed by atoms with E-state index in [1.54, 1.807) is 18.2 Å². The maximum absolute atomic E-state index is 12.3. The van der Waals surface area contributed by atoms with Crippen LogP contribution < -0.4 is 10.1 Å². The predicted molar refractivity (Wildman–Crippen MR) is 127 cm³/mol. The minimum absolute atomic E-state index is 0.0245. The molecule has 6 nitrogen and oxygen atoms in total. The lowest BCUT2D eigenvalue weighted by atomic mass is 10.0. The molecule has 0 saturated carbocycles. The molecule has 33 heavy (non-hydrogen) atoms. The number of hydrogen-bond acceptors (Lipinski definition) is 5. The molecule has 3 atom stereocenters. The molecule has 0 radical (unpaired) electrons. The zero-order valence-corrected chi connectivity index (χ0v) is 20.1. The molecule has 1 saturated heterocycles. The Kier molecular flexibility index (Phi) is 6.83. The Labute approximate surface area is 200 Å². The molecule has 7 heteroatoms. The van der Waals surface area contributed by atoms with Crippen molar-refractivity contribution >= 4 is 17.7 Å². The van der Waals surface area contributed by atoms with Crippen LogP contribution in [0.2, 0.25) is 5.02 Å². The van der Waals surface area contributed by atoms with Crippen molar-refractivity contribution in [2.75, 3.05) is 13.1 Å². The van der Waals surface area contributed by atoms with E-state index < -0.39 is 5.60 Å². The van der Waals surface area contributed by atoms with E-state index in [4.69, 9.17) is 26.3 Å². The second-order valence-corrected chi connectivity index (χ2v) is 10.2. The lowest BCUT2D eigenvalue weighted by Crippen LogP contribution is -2.53. The minimum atomic E-state index is -0.523. The summed E-state index contributed by atoms with van der Waals surface area (Å²) in [5.74, 6) is 0.572. The van der Waals surface area contributed by atoms with E-state index in [1.165, 1.54) is 5.56 Å². The van der Waals surface area contributed by atoms with Crippen LogP contribution in [0.5, 0.6) is 5.75 Å². The maximum atomic E-state index is 12.3. The summed E-state index contributed by atoms with van der Waals surface area (Å²) in [6, 6.07) is 15.7. The number of alkyl carbamates (subject to hydrolysis) is 1. The highest BCUT2D eigenvalue weighted by Gasteiger charge is 2.40. The second kappa shape index (κ2) is 9.62. The van der Waals surface area contributed by atoms with E-state index in [1.807, 2.05) is 26.8 Å². The molecule has 0 bridgehead atoms. The third-order valence-electron chi connectivity index (χ3n) is 6.10. The Bertz CT molecular complexity index is 1060. The number of ether oxygens (including phenoxy) is 2. The summed E-state index contributed by atoms with van der Waals surface area (Å²) in [5, 5.41) is 12.6. The van der Waals surface area contributed by atoms with E-state index in [9.17, 15) is 4.79 Å². The lowest BCUT2D eigenvalue weighted by Gasteiger charge is -2.39. The summed E-state index contributed by atoms with van der Waals surface area (Å²) >= 11 is 6.43. The summed E-state index contributed by atoms with van der Waals surface area (Å²) in [7, 11) is 0. The van der Waals surface area contributed by atoms with Crippen LogP contribution in [0.4, 0.5) is 4.79 Å². The first kappa shape index (κ1) is 23.4. The van der Waals surface area contributed by atoms with Crippen LogP contribution in [0, 0.1) is 11.3 Å². The van der Waals surface area contributed by atoms with E-state index >= 15 is 0 Å². The van der Waals surface area contributed by atoms with Crippen molar-refractivity contribution in [3.8, 4) is 11.8 Å². The molecule has 1 aliphatic heterocycles. The van der Waals surface area contributed by atoms with Crippen molar-refractivity contribution in [3.05, 3.63) is 64.2 Å². The molecule has 2 aliphatic rings. The Hall–Kier alpha value is -2.75. The molecule has 2 aromatic carbocycles. The number of fused-ring (bicyclic) bond motifs is 1. The summed E-state index contributed by atoms with van der Waals surface area (Å²) in [6.07, 6.45) is 2.21. The zero-order chi connectivity index (χ0) is 23.6. The molecular formula is C26H30ClN3O3. The van der Waals surface area contributed by atoms with Gasteiger partial charge in [0.1, 0.15) is 17.5 Å². The molecule has 4 rings (SSSR count). The standard InChI is InChI=1S/C26H30ClN3O3/c1-26(2,3)33-25(31)29-19-8-6-12-30(16-19)22-14-18-7-4-5-9-20(18)24(22)32-23-11-10-17(15-28)13-21(23)27/h4-5,7,9-11,13,19,22,24H,6,8,12,14,16H2,1-3H3,(H,29,31)/t19-,22-,24-/m1/s1. The monoisotopic (exact) mass is 467 g/mol. The molecular weight excluding hydrogens is 438 g/mol. The van der Waals surface area contributed by atoms with Crippen LogP contribution in [0.15, 0.2) is 42.5 Å². The SMILES string of the molecule is CC(C)(C)OC(=O)N[C@@H]1CCCN([C@@H]2Cc3ccccc3[C@H]2Oc2ccc(C#N)cc2Cl)C1. The number of rotatable bonds is 4. The van der Waals surface area contributed by atoms with Gasteiger partial charge in [0.25, 0.3) is 0 Å². The Morgan fingerprint density at radius 2 is 2.03 bits per heavy atom. The van der Waals surface area contributed by atoms with Crippen LogP contribution in [0.1, 0.15) is 56.4 Å². The quantitative estimate of drug-likeness (QED) is 0.665. The zero-order valence-electron chi connectivity index (χ0n) is 19.3. The smallest absolute Gasteiger partial charge is 0.407 e. The highest BCUT2D eigenvalue weighted by atomic mass is 35.5. The molecule has 0 aromatic heterocycles. The number of piperidine rings is 1. The molecule has 0 spiro atoms. The number of likely N-dealkylation sites (tertiary alicyclic amines) is 1. The first-order chi connectivity index (χ1) is 15.7. The lowest BCUT2D eigenvalue weighted by molar-refractivity contribution is 0.0362. The van der Waals surface area contributed by atoms with Gasteiger partial charge in [-0.15, -0.1) is 0 Å². The van der Waals surface area contributed by atoms with Crippen molar-refractivity contribution in [2.24, 2.45) is 0 Å². The second-order valence-electron chi connectivity index (χ2n) is 9.75. The van der Waals surface area contributed by atoms with Gasteiger partial charge in [0, 0.05) is 12.6 Å². The van der Waals surface area contributed by atoms with E-state index in [2.05, 4.69) is 34.5 Å². The first-order valence-corrected chi connectivity index (χ1v) is 11.8. The number of hydrogen-bond donors (Lipinski definition) is 1. The molecule has 174 valence electrons. The number of carbonyl (C=O) groups excluding carboxylic acids is 1. The molecule has 1 N–H and O–H groups in total. The van der Waals surface area contributed by atoms with Crippen molar-refractivity contribution in [1.82, 2.24) is 10.2 Å². The molecule has 0 unspecified atom stereocenters. The fourth-order valence-electron chi connectivity index (χ4n) is 4.70. The van der Waals surface area contributed by atoms with Crippen LogP contribution in [-0.4, -0.2) is 41.8 Å². The summed E-state index contributed by atoms with van der Waals surface area (Å²) < 4.78 is 11.9. The number of amides is 1. The number of benzene rings is 2. The van der Waals surface area contributed by atoms with Gasteiger partial charge in [-0.1, -0.05) is 35.9 Å². The Morgan fingerprint density at radius 1 is 1.24 bits per heavy atom. The van der Waals surface area contributed by atoms with Gasteiger partial charge in [-0.2, -0.15) is 5.26 Å². The molecule has 2 aromatic rings. The Balaban J connectivity index is 1.52. The van der Waals surface area contributed by atoms with E-state index in [-0.39, 0.29) is 24.3 Å². The van der Waals surface area contributed by atoms with E-state index in [0.29, 0.717) is 16.3 Å². The van der Waals surface area contributed by atoms with Gasteiger partial charge >= 0.3 is 6.09 Å². The molecule has 1 heterocycles. The maximum Gasteiger partial charge on any atom is 0.407 e. The normalized spacial score (nSPS) is 22.8. The number of nitrogens with zero attached hydrogens (tertiary/aromatic N) is 2. The van der Waals surface area contributed by atoms with Crippen molar-refractivity contribution in [1.29, 1.82) is 5.26 Å². The van der Waals surface area contributed by atoms with Gasteiger partial charge in [-0.25, -0.2) is 4.79 Å². The van der Waals surface area contributed by atoms with Crippen molar-refractivity contribution in [2.45, 2.75) is 63.8 Å². The molecule has 1 amide bonds. The largest absolute Gasteiger partial charge is 0.482 e. The summed E-state index contributed by atoms with van der Waals surface area (Å²) in [6.45, 7) is 7.27. The average Bonchev–Trinajstić information content (AvgIpc) is 3.12. The summed E-state index contributed by atoms with van der Waals surface area (Å²) in [4.78, 5) is 14.7. The third-order valence-corrected chi connectivity index (χ3v) is 6.39. The van der Waals surface area contributed by atoms with Crippen LogP contribution >= 0.6 is 11.6 Å². The van der Waals surface area contributed by atoms with Crippen molar-refractivity contribution in [3.63, 3.8) is 0 Å². The first-order valence-electron chi connectivity index (χ1n) is 11.4. The predicted octanol–water partition coefficient (Wildman–Crippen LogP) is 5.25. The van der Waals surface area contributed by atoms with Crippen molar-refractivity contribution < 1.29 is 14.3 Å². The van der Waals surface area contributed by atoms with Gasteiger partial charge in [0.05, 0.1) is 22.7 Å². The molecule has 1 fully saturated rings. The summed E-state index contributed by atoms with van der Waals surface area (Å²) in [5.41, 5.74) is 2.40. The number of nitrogens with one attached hydrogen (secondary N) is 1. The van der Waals surface area contributed by atoms with E-state index in [0.717, 1.165) is 37.9 Å².